The Kier molecular flexibility index (Phi) is 7.82. The van der Waals surface area contributed by atoms with Crippen molar-refractivity contribution in [2.75, 3.05) is 19.0 Å². The van der Waals surface area contributed by atoms with Gasteiger partial charge in [0, 0.05) is 17.8 Å². The summed E-state index contributed by atoms with van der Waals surface area (Å²) in [5.74, 6) is 0.455. The molecular formula is C23H24N2O3S2. The Balaban J connectivity index is 1.68. The minimum absolute atomic E-state index is 0.322. The maximum Gasteiger partial charge on any atom is 0.341 e. The fraction of sp³-hybridized carbons (Fsp3) is 0.217. The summed E-state index contributed by atoms with van der Waals surface area (Å²) in [5.41, 5.74) is 2.75. The first-order chi connectivity index (χ1) is 14.6. The lowest BCUT2D eigenvalue weighted by Gasteiger charge is -2.11. The molecule has 0 spiro atoms. The number of rotatable bonds is 8. The molecule has 30 heavy (non-hydrogen) atoms. The summed E-state index contributed by atoms with van der Waals surface area (Å²) < 4.78 is 10.4. The molecule has 5 nitrogen and oxygen atoms in total. The first-order valence-electron chi connectivity index (χ1n) is 9.60. The van der Waals surface area contributed by atoms with Gasteiger partial charge in [-0.3, -0.25) is 0 Å². The molecule has 2 N–H and O–H groups in total. The number of benzene rings is 2. The number of hydrogen-bond donors (Lipinski definition) is 2. The van der Waals surface area contributed by atoms with Gasteiger partial charge < -0.3 is 20.1 Å². The third-order valence-electron chi connectivity index (χ3n) is 4.34. The molecule has 1 aromatic heterocycles. The second-order valence-corrected chi connectivity index (χ2v) is 8.04. The molecule has 0 saturated carbocycles. The number of carbonyl (C=O) groups excluding carboxylic acids is 1. The number of anilines is 1. The Hall–Kier alpha value is -2.90. The first kappa shape index (κ1) is 21.8. The number of thiophene rings is 1. The second-order valence-electron chi connectivity index (χ2n) is 6.49. The predicted molar refractivity (Wildman–Crippen MR) is 126 cm³/mol. The van der Waals surface area contributed by atoms with Gasteiger partial charge in [-0.2, -0.15) is 0 Å². The van der Waals surface area contributed by atoms with E-state index in [0.29, 0.717) is 28.8 Å². The highest BCUT2D eigenvalue weighted by atomic mass is 32.1. The number of esters is 1. The minimum atomic E-state index is -0.353. The van der Waals surface area contributed by atoms with Crippen LogP contribution in [0.15, 0.2) is 60.7 Å². The smallest absolute Gasteiger partial charge is 0.341 e. The van der Waals surface area contributed by atoms with Crippen molar-refractivity contribution in [1.29, 1.82) is 0 Å². The quantitative estimate of drug-likeness (QED) is 0.379. The van der Waals surface area contributed by atoms with Crippen LogP contribution in [0.4, 0.5) is 5.00 Å². The van der Waals surface area contributed by atoms with Crippen LogP contribution in [0, 0.1) is 0 Å². The summed E-state index contributed by atoms with van der Waals surface area (Å²) in [6.07, 6.45) is 0.742. The molecule has 0 aliphatic heterocycles. The summed E-state index contributed by atoms with van der Waals surface area (Å²) in [6.45, 7) is 2.68. The summed E-state index contributed by atoms with van der Waals surface area (Å²) in [5, 5.41) is 7.47. The fourth-order valence-corrected chi connectivity index (χ4v) is 4.17. The van der Waals surface area contributed by atoms with Crippen molar-refractivity contribution >= 4 is 39.6 Å². The van der Waals surface area contributed by atoms with E-state index in [1.54, 1.807) is 14.0 Å². The van der Waals surface area contributed by atoms with Gasteiger partial charge in [-0.25, -0.2) is 4.79 Å². The van der Waals surface area contributed by atoms with E-state index in [1.807, 2.05) is 48.5 Å². The molecule has 0 unspecified atom stereocenters. The number of nitrogens with one attached hydrogen (secondary N) is 2. The van der Waals surface area contributed by atoms with E-state index in [2.05, 4.69) is 22.8 Å². The van der Waals surface area contributed by atoms with Crippen molar-refractivity contribution in [3.8, 4) is 5.75 Å². The molecule has 0 aliphatic rings. The van der Waals surface area contributed by atoms with Gasteiger partial charge in [-0.15, -0.1) is 11.3 Å². The highest BCUT2D eigenvalue weighted by Crippen LogP contribution is 2.30. The molecule has 2 aromatic carbocycles. The number of carbonyl (C=O) groups is 1. The Morgan fingerprint density at radius 3 is 2.47 bits per heavy atom. The lowest BCUT2D eigenvalue weighted by atomic mass is 10.1. The number of hydrogen-bond acceptors (Lipinski definition) is 5. The summed E-state index contributed by atoms with van der Waals surface area (Å²) in [4.78, 5) is 13.5. The van der Waals surface area contributed by atoms with Gasteiger partial charge in [-0.1, -0.05) is 42.5 Å². The van der Waals surface area contributed by atoms with Crippen LogP contribution in [0.2, 0.25) is 0 Å². The molecule has 7 heteroatoms. The summed E-state index contributed by atoms with van der Waals surface area (Å²) in [6, 6.07) is 19.8. The van der Waals surface area contributed by atoms with Crippen LogP contribution in [0.5, 0.6) is 5.75 Å². The topological polar surface area (TPSA) is 59.6 Å². The van der Waals surface area contributed by atoms with Crippen LogP contribution in [0.25, 0.3) is 0 Å². The van der Waals surface area contributed by atoms with Gasteiger partial charge >= 0.3 is 5.97 Å². The fourth-order valence-electron chi connectivity index (χ4n) is 2.85. The van der Waals surface area contributed by atoms with E-state index >= 15 is 0 Å². The molecule has 0 amide bonds. The highest BCUT2D eigenvalue weighted by molar-refractivity contribution is 7.80. The van der Waals surface area contributed by atoms with Crippen molar-refractivity contribution in [3.05, 3.63) is 82.2 Å². The van der Waals surface area contributed by atoms with Crippen molar-refractivity contribution in [2.45, 2.75) is 19.9 Å². The Morgan fingerprint density at radius 1 is 1.07 bits per heavy atom. The van der Waals surface area contributed by atoms with Crippen LogP contribution in [0.1, 0.15) is 33.3 Å². The third-order valence-corrected chi connectivity index (χ3v) is 5.64. The van der Waals surface area contributed by atoms with Crippen molar-refractivity contribution in [2.24, 2.45) is 0 Å². The maximum atomic E-state index is 12.4. The van der Waals surface area contributed by atoms with Crippen molar-refractivity contribution < 1.29 is 14.3 Å². The average Bonchev–Trinajstić information content (AvgIpc) is 3.15. The molecule has 0 fully saturated rings. The molecule has 0 aliphatic carbocycles. The number of ether oxygens (including phenoxy) is 2. The third kappa shape index (κ3) is 6.05. The van der Waals surface area contributed by atoms with Crippen LogP contribution < -0.4 is 15.4 Å². The van der Waals surface area contributed by atoms with E-state index in [1.165, 1.54) is 16.9 Å². The largest absolute Gasteiger partial charge is 0.497 e. The lowest BCUT2D eigenvalue weighted by molar-refractivity contribution is 0.0528. The van der Waals surface area contributed by atoms with Gasteiger partial charge in [-0.05, 0) is 48.5 Å². The monoisotopic (exact) mass is 440 g/mol. The number of thiocarbonyl (C=S) groups is 1. The average molecular weight is 441 g/mol. The highest BCUT2D eigenvalue weighted by Gasteiger charge is 2.18. The van der Waals surface area contributed by atoms with Crippen molar-refractivity contribution in [3.63, 3.8) is 0 Å². The molecule has 0 saturated heterocycles. The molecule has 3 aromatic rings. The van der Waals surface area contributed by atoms with Gasteiger partial charge in [0.2, 0.25) is 0 Å². The SMILES string of the molecule is CCOC(=O)c1cc(Cc2ccccc2)sc1NC(=S)NCc1ccc(OC)cc1. The second kappa shape index (κ2) is 10.8. The predicted octanol–water partition coefficient (Wildman–Crippen LogP) is 5.01. The van der Waals surface area contributed by atoms with E-state index < -0.39 is 0 Å². The van der Waals surface area contributed by atoms with Crippen molar-refractivity contribution in [1.82, 2.24) is 5.32 Å². The van der Waals surface area contributed by atoms with Gasteiger partial charge in [0.1, 0.15) is 10.8 Å². The number of methoxy groups -OCH3 is 1. The zero-order valence-electron chi connectivity index (χ0n) is 16.9. The lowest BCUT2D eigenvalue weighted by Crippen LogP contribution is -2.28. The Morgan fingerprint density at radius 2 is 1.80 bits per heavy atom. The van der Waals surface area contributed by atoms with Gasteiger partial charge in [0.15, 0.2) is 5.11 Å². The Bertz CT molecular complexity index is 985. The summed E-state index contributed by atoms with van der Waals surface area (Å²) in [7, 11) is 1.64. The molecule has 1 heterocycles. The minimum Gasteiger partial charge on any atom is -0.497 e. The van der Waals surface area contributed by atoms with Crippen LogP contribution in [-0.2, 0) is 17.7 Å². The molecular weight excluding hydrogens is 416 g/mol. The molecule has 3 rings (SSSR count). The maximum absolute atomic E-state index is 12.4. The van der Waals surface area contributed by atoms with Gasteiger partial charge in [0.05, 0.1) is 19.3 Å². The standard InChI is InChI=1S/C23H24N2O3S2/c1-3-28-22(26)20-14-19(13-16-7-5-4-6-8-16)30-21(20)25-23(29)24-15-17-9-11-18(27-2)12-10-17/h4-12,14H,3,13,15H2,1-2H3,(H2,24,25,29). The zero-order valence-corrected chi connectivity index (χ0v) is 18.6. The van der Waals surface area contributed by atoms with Gasteiger partial charge in [0.25, 0.3) is 0 Å². The zero-order chi connectivity index (χ0) is 21.3. The van der Waals surface area contributed by atoms with E-state index in [0.717, 1.165) is 22.6 Å². The van der Waals surface area contributed by atoms with Crippen LogP contribution in [-0.4, -0.2) is 24.8 Å². The Labute approximate surface area is 186 Å². The first-order valence-corrected chi connectivity index (χ1v) is 10.8. The molecule has 156 valence electrons. The molecule has 0 bridgehead atoms. The van der Waals surface area contributed by atoms with Crippen LogP contribution >= 0.6 is 23.6 Å². The van der Waals surface area contributed by atoms with E-state index in [-0.39, 0.29) is 5.97 Å². The van der Waals surface area contributed by atoms with Crippen LogP contribution in [0.3, 0.4) is 0 Å². The molecule has 0 atom stereocenters. The van der Waals surface area contributed by atoms with E-state index in [9.17, 15) is 4.79 Å². The van der Waals surface area contributed by atoms with E-state index in [4.69, 9.17) is 21.7 Å². The summed E-state index contributed by atoms with van der Waals surface area (Å²) >= 11 is 6.95. The normalized spacial score (nSPS) is 10.3. The molecule has 0 radical (unpaired) electrons.